The second-order valence-electron chi connectivity index (χ2n) is 2.65. The van der Waals surface area contributed by atoms with Crippen molar-refractivity contribution in [2.75, 3.05) is 20.6 Å². The Morgan fingerprint density at radius 3 is 2.00 bits per heavy atom. The van der Waals surface area contributed by atoms with Gasteiger partial charge in [-0.2, -0.15) is 0 Å². The van der Waals surface area contributed by atoms with Crippen molar-refractivity contribution in [3.63, 3.8) is 0 Å². The van der Waals surface area contributed by atoms with E-state index in [0.717, 1.165) is 19.4 Å². The molecule has 1 atom stereocenters. The zero-order chi connectivity index (χ0) is 7.28. The molecular weight excluding hydrogens is 274 g/mol. The van der Waals surface area contributed by atoms with Crippen molar-refractivity contribution in [3.05, 3.63) is 0 Å². The number of hydrogen-bond acceptors (Lipinski definition) is 2. The third-order valence-electron chi connectivity index (χ3n) is 1.38. The molecule has 0 saturated carbocycles. The normalized spacial score (nSPS) is 11.7. The van der Waals surface area contributed by atoms with Crippen molar-refractivity contribution in [3.8, 4) is 0 Å². The Balaban J connectivity index is -0.000000320. The highest BCUT2D eigenvalue weighted by Gasteiger charge is 1.99. The lowest BCUT2D eigenvalue weighted by Crippen LogP contribution is -2.18. The van der Waals surface area contributed by atoms with Crippen LogP contribution in [0.3, 0.4) is 0 Å². The van der Waals surface area contributed by atoms with Crippen LogP contribution in [0.1, 0.15) is 19.8 Å². The van der Waals surface area contributed by atoms with Crippen molar-refractivity contribution in [1.82, 2.24) is 4.90 Å². The Kier molecular flexibility index (Phi) is 17.6. The molecule has 0 rings (SSSR count). The first-order valence-corrected chi connectivity index (χ1v) is 3.49. The Bertz CT molecular complexity index is 71.5. The lowest BCUT2D eigenvalue weighted by atomic mass is 10.2. The average Bonchev–Trinajstić information content (AvgIpc) is 1.83. The lowest BCUT2D eigenvalue weighted by molar-refractivity contribution is 0.148. The van der Waals surface area contributed by atoms with E-state index in [-0.39, 0.29) is 40.1 Å². The number of hydrogen-bond donors (Lipinski definition) is 1. The molecule has 0 aromatic carbocycles. The molecule has 0 saturated heterocycles. The van der Waals surface area contributed by atoms with Crippen molar-refractivity contribution >= 4 is 34.0 Å². The summed E-state index contributed by atoms with van der Waals surface area (Å²) in [4.78, 5) is 2.08. The summed E-state index contributed by atoms with van der Waals surface area (Å²) in [5, 5.41) is 9.08. The van der Waals surface area contributed by atoms with E-state index in [4.69, 9.17) is 5.11 Å². The molecule has 1 N–H and O–H groups in total. The van der Waals surface area contributed by atoms with Gasteiger partial charge in [0.2, 0.25) is 0 Å². The van der Waals surface area contributed by atoms with Crippen molar-refractivity contribution < 1.29 is 5.11 Å². The first kappa shape index (κ1) is 17.8. The van der Waals surface area contributed by atoms with Crippen LogP contribution in [0, 0.1) is 0 Å². The van der Waals surface area contributed by atoms with Crippen LogP contribution in [-0.4, -0.2) is 36.8 Å². The predicted octanol–water partition coefficient (Wildman–Crippen LogP) is 1.86. The molecule has 0 bridgehead atoms. The van der Waals surface area contributed by atoms with E-state index in [1.54, 1.807) is 0 Å². The van der Waals surface area contributed by atoms with Crippen LogP contribution in [0.15, 0.2) is 0 Å². The van der Waals surface area contributed by atoms with Gasteiger partial charge < -0.3 is 10.0 Å². The molecule has 0 radical (unpaired) electrons. The predicted molar refractivity (Wildman–Crippen MR) is 60.1 cm³/mol. The van der Waals surface area contributed by atoms with E-state index in [1.807, 2.05) is 21.0 Å². The van der Waals surface area contributed by atoms with Gasteiger partial charge in [0, 0.05) is 0 Å². The van der Waals surface area contributed by atoms with Gasteiger partial charge in [-0.05, 0) is 33.5 Å². The topological polar surface area (TPSA) is 23.5 Å². The number of rotatable bonds is 4. The van der Waals surface area contributed by atoms with Crippen molar-refractivity contribution in [2.24, 2.45) is 0 Å². The maximum Gasteiger partial charge on any atom is 0.0549 e. The summed E-state index contributed by atoms with van der Waals surface area (Å²) in [7, 11) is 4.03. The smallest absolute Gasteiger partial charge is 0.0549 e. The molecular formula is C7H19Br2NO. The van der Waals surface area contributed by atoms with E-state index in [2.05, 4.69) is 4.90 Å². The van der Waals surface area contributed by atoms with Crippen LogP contribution in [-0.2, 0) is 0 Å². The summed E-state index contributed by atoms with van der Waals surface area (Å²) in [6.45, 7) is 2.98. The van der Waals surface area contributed by atoms with Gasteiger partial charge in [-0.1, -0.05) is 6.92 Å². The Morgan fingerprint density at radius 2 is 1.73 bits per heavy atom. The van der Waals surface area contributed by atoms with Gasteiger partial charge in [-0.15, -0.1) is 34.0 Å². The third-order valence-corrected chi connectivity index (χ3v) is 1.38. The van der Waals surface area contributed by atoms with Gasteiger partial charge in [-0.3, -0.25) is 0 Å². The molecule has 0 spiro atoms. The zero-order valence-electron chi connectivity index (χ0n) is 7.41. The number of aliphatic hydroxyl groups is 1. The summed E-state index contributed by atoms with van der Waals surface area (Å²) in [6.07, 6.45) is 1.66. The SMILES string of the molecule is Br.Br.CCC(O)CCN(C)C. The molecule has 1 unspecified atom stereocenters. The average molecular weight is 293 g/mol. The summed E-state index contributed by atoms with van der Waals surface area (Å²) in [6, 6.07) is 0. The maximum absolute atomic E-state index is 9.08. The summed E-state index contributed by atoms with van der Waals surface area (Å²) in [5.74, 6) is 0. The molecule has 11 heavy (non-hydrogen) atoms. The fourth-order valence-corrected chi connectivity index (χ4v) is 0.611. The van der Waals surface area contributed by atoms with Crippen LogP contribution in [0.5, 0.6) is 0 Å². The van der Waals surface area contributed by atoms with Crippen LogP contribution >= 0.6 is 34.0 Å². The van der Waals surface area contributed by atoms with Crippen LogP contribution in [0.25, 0.3) is 0 Å². The van der Waals surface area contributed by atoms with Crippen LogP contribution in [0.4, 0.5) is 0 Å². The number of nitrogens with zero attached hydrogens (tertiary/aromatic N) is 1. The minimum Gasteiger partial charge on any atom is -0.393 e. The Hall–Kier alpha value is 0.880. The highest BCUT2D eigenvalue weighted by molar-refractivity contribution is 8.93. The molecule has 0 aliphatic carbocycles. The maximum atomic E-state index is 9.08. The second-order valence-corrected chi connectivity index (χ2v) is 2.65. The third kappa shape index (κ3) is 13.8. The molecule has 0 heterocycles. The van der Waals surface area contributed by atoms with Gasteiger partial charge in [0.25, 0.3) is 0 Å². The minimum atomic E-state index is -0.104. The molecule has 0 aromatic heterocycles. The second kappa shape index (κ2) is 10.9. The number of halogens is 2. The van der Waals surface area contributed by atoms with Gasteiger partial charge in [0.15, 0.2) is 0 Å². The first-order chi connectivity index (χ1) is 4.16. The van der Waals surface area contributed by atoms with Gasteiger partial charge in [0.1, 0.15) is 0 Å². The molecule has 72 valence electrons. The van der Waals surface area contributed by atoms with Crippen LogP contribution < -0.4 is 0 Å². The Labute approximate surface area is 90.5 Å². The van der Waals surface area contributed by atoms with Crippen molar-refractivity contribution in [1.29, 1.82) is 0 Å². The van der Waals surface area contributed by atoms with Crippen molar-refractivity contribution in [2.45, 2.75) is 25.9 Å². The lowest BCUT2D eigenvalue weighted by Gasteiger charge is -2.11. The van der Waals surface area contributed by atoms with Gasteiger partial charge in [0.05, 0.1) is 6.10 Å². The quantitative estimate of drug-likeness (QED) is 0.855. The largest absolute Gasteiger partial charge is 0.393 e. The van der Waals surface area contributed by atoms with E-state index in [9.17, 15) is 0 Å². The van der Waals surface area contributed by atoms with Crippen LogP contribution in [0.2, 0.25) is 0 Å². The molecule has 0 fully saturated rings. The molecule has 0 amide bonds. The summed E-state index contributed by atoms with van der Waals surface area (Å²) < 4.78 is 0. The molecule has 0 aliphatic heterocycles. The number of aliphatic hydroxyl groups excluding tert-OH is 1. The van der Waals surface area contributed by atoms with Gasteiger partial charge in [-0.25, -0.2) is 0 Å². The highest BCUT2D eigenvalue weighted by Crippen LogP contribution is 1.96. The monoisotopic (exact) mass is 291 g/mol. The molecule has 4 heteroatoms. The Morgan fingerprint density at radius 1 is 1.27 bits per heavy atom. The molecule has 0 aliphatic rings. The standard InChI is InChI=1S/C7H17NO.2BrH/c1-4-7(9)5-6-8(2)3;;/h7,9H,4-6H2,1-3H3;2*1H. The highest BCUT2D eigenvalue weighted by atomic mass is 79.9. The van der Waals surface area contributed by atoms with E-state index >= 15 is 0 Å². The first-order valence-electron chi connectivity index (χ1n) is 3.49. The van der Waals surface area contributed by atoms with E-state index < -0.39 is 0 Å². The fraction of sp³-hybridized carbons (Fsp3) is 1.00. The van der Waals surface area contributed by atoms with Gasteiger partial charge >= 0.3 is 0 Å². The molecule has 0 aromatic rings. The summed E-state index contributed by atoms with van der Waals surface area (Å²) in [5.41, 5.74) is 0. The zero-order valence-corrected chi connectivity index (χ0v) is 10.8. The van der Waals surface area contributed by atoms with E-state index in [0.29, 0.717) is 0 Å². The van der Waals surface area contributed by atoms with E-state index in [1.165, 1.54) is 0 Å². The molecule has 2 nitrogen and oxygen atoms in total. The summed E-state index contributed by atoms with van der Waals surface area (Å²) >= 11 is 0. The minimum absolute atomic E-state index is 0. The fourth-order valence-electron chi connectivity index (χ4n) is 0.611.